The summed E-state index contributed by atoms with van der Waals surface area (Å²) >= 11 is 0. The monoisotopic (exact) mass is 356 g/mol. The second kappa shape index (κ2) is 6.80. The molecular formula is C18H20N4O4. The number of carbonyl (C=O) groups is 2. The van der Waals surface area contributed by atoms with Gasteiger partial charge in [-0.2, -0.15) is 5.10 Å². The first-order valence-corrected chi connectivity index (χ1v) is 8.66. The highest BCUT2D eigenvalue weighted by atomic mass is 16.7. The Morgan fingerprint density at radius 2 is 2.19 bits per heavy atom. The van der Waals surface area contributed by atoms with Gasteiger partial charge in [0.25, 0.3) is 5.91 Å². The van der Waals surface area contributed by atoms with E-state index in [2.05, 4.69) is 5.10 Å². The van der Waals surface area contributed by atoms with E-state index in [1.54, 1.807) is 23.2 Å². The molecule has 1 fully saturated rings. The van der Waals surface area contributed by atoms with Crippen LogP contribution in [0.25, 0.3) is 0 Å². The van der Waals surface area contributed by atoms with Gasteiger partial charge in [0.05, 0.1) is 37.9 Å². The van der Waals surface area contributed by atoms with E-state index in [0.29, 0.717) is 31.8 Å². The molecule has 1 saturated heterocycles. The minimum absolute atomic E-state index is 0.0517. The van der Waals surface area contributed by atoms with E-state index in [0.717, 1.165) is 12.1 Å². The number of rotatable bonds is 3. The van der Waals surface area contributed by atoms with Crippen LogP contribution >= 0.6 is 0 Å². The molecular weight excluding hydrogens is 336 g/mol. The fraction of sp³-hybridized carbons (Fsp3) is 0.389. The Kier molecular flexibility index (Phi) is 4.34. The van der Waals surface area contributed by atoms with Crippen LogP contribution < -0.4 is 0 Å². The van der Waals surface area contributed by atoms with Crippen LogP contribution in [0.3, 0.4) is 0 Å². The Bertz CT molecular complexity index is 828. The van der Waals surface area contributed by atoms with Gasteiger partial charge in [-0.3, -0.25) is 19.1 Å². The predicted molar refractivity (Wildman–Crippen MR) is 91.0 cm³/mol. The first kappa shape index (κ1) is 16.6. The topological polar surface area (TPSA) is 87.9 Å². The van der Waals surface area contributed by atoms with Gasteiger partial charge >= 0.3 is 0 Å². The largest absolute Gasteiger partial charge is 0.508 e. The molecule has 8 nitrogen and oxygen atoms in total. The summed E-state index contributed by atoms with van der Waals surface area (Å²) in [7, 11) is 0. The Morgan fingerprint density at radius 3 is 2.96 bits per heavy atom. The lowest BCUT2D eigenvalue weighted by atomic mass is 10.1. The number of hydroxylamine groups is 2. The third kappa shape index (κ3) is 3.15. The van der Waals surface area contributed by atoms with Crippen molar-refractivity contribution >= 4 is 11.8 Å². The second-order valence-electron chi connectivity index (χ2n) is 6.54. The molecule has 26 heavy (non-hydrogen) atoms. The number of aromatic nitrogens is 2. The highest BCUT2D eigenvalue weighted by Gasteiger charge is 2.32. The number of phenolic OH excluding ortho intramolecular Hbond substituents is 1. The summed E-state index contributed by atoms with van der Waals surface area (Å²) in [6.45, 7) is 1.96. The van der Waals surface area contributed by atoms with Crippen molar-refractivity contribution < 1.29 is 19.5 Å². The highest BCUT2D eigenvalue weighted by molar-refractivity contribution is 5.94. The molecule has 2 aliphatic rings. The van der Waals surface area contributed by atoms with Crippen molar-refractivity contribution in [1.82, 2.24) is 19.7 Å². The van der Waals surface area contributed by atoms with Gasteiger partial charge in [0.15, 0.2) is 0 Å². The number of aromatic hydroxyl groups is 1. The highest BCUT2D eigenvalue weighted by Crippen LogP contribution is 2.26. The van der Waals surface area contributed by atoms with Crippen molar-refractivity contribution in [1.29, 1.82) is 0 Å². The number of benzene rings is 1. The van der Waals surface area contributed by atoms with Gasteiger partial charge in [-0.05, 0) is 30.7 Å². The van der Waals surface area contributed by atoms with Crippen molar-refractivity contribution in [3.8, 4) is 5.75 Å². The van der Waals surface area contributed by atoms with Crippen LogP contribution in [0.15, 0.2) is 36.5 Å². The predicted octanol–water partition coefficient (Wildman–Crippen LogP) is 1.34. The van der Waals surface area contributed by atoms with Crippen molar-refractivity contribution in [2.75, 3.05) is 19.7 Å². The SMILES string of the molecule is O=C(c1cccc(O)c1)N1Cc2ccnn2[C@H](CC(=O)N2CCCO2)C1. The summed E-state index contributed by atoms with van der Waals surface area (Å²) < 4.78 is 1.82. The summed E-state index contributed by atoms with van der Waals surface area (Å²) in [4.78, 5) is 32.3. The molecule has 0 unspecified atom stereocenters. The van der Waals surface area contributed by atoms with Crippen LogP contribution in [0.5, 0.6) is 5.75 Å². The van der Waals surface area contributed by atoms with Gasteiger partial charge in [0, 0.05) is 18.3 Å². The first-order valence-electron chi connectivity index (χ1n) is 8.66. The molecule has 0 saturated carbocycles. The average molecular weight is 356 g/mol. The molecule has 136 valence electrons. The van der Waals surface area contributed by atoms with Gasteiger partial charge in [-0.1, -0.05) is 6.07 Å². The van der Waals surface area contributed by atoms with Crippen LogP contribution in [0.4, 0.5) is 0 Å². The van der Waals surface area contributed by atoms with Gasteiger partial charge in [-0.25, -0.2) is 5.06 Å². The zero-order valence-corrected chi connectivity index (χ0v) is 14.2. The zero-order chi connectivity index (χ0) is 18.1. The van der Waals surface area contributed by atoms with Gasteiger partial charge in [0.1, 0.15) is 5.75 Å². The summed E-state index contributed by atoms with van der Waals surface area (Å²) in [5.41, 5.74) is 1.30. The molecule has 0 radical (unpaired) electrons. The van der Waals surface area contributed by atoms with Crippen molar-refractivity contribution in [2.45, 2.75) is 25.4 Å². The normalized spacial score (nSPS) is 19.5. The Hall–Kier alpha value is -2.87. The molecule has 0 bridgehead atoms. The van der Waals surface area contributed by atoms with E-state index in [1.165, 1.54) is 17.2 Å². The van der Waals surface area contributed by atoms with E-state index in [4.69, 9.17) is 4.84 Å². The molecule has 0 spiro atoms. The zero-order valence-electron chi connectivity index (χ0n) is 14.2. The standard InChI is InChI=1S/C18H20N4O4/c23-16-4-1-3-13(9-16)18(25)20-11-14-5-6-19-22(14)15(12-20)10-17(24)21-7-2-8-26-21/h1,3-6,9,15,23H,2,7-8,10-12H2/t15-/m1/s1. The number of phenols is 1. The Labute approximate surface area is 150 Å². The van der Waals surface area contributed by atoms with Crippen LogP contribution in [0.2, 0.25) is 0 Å². The lowest BCUT2D eigenvalue weighted by molar-refractivity contribution is -0.169. The third-order valence-corrected chi connectivity index (χ3v) is 4.70. The molecule has 1 aromatic carbocycles. The van der Waals surface area contributed by atoms with Crippen molar-refractivity contribution in [3.63, 3.8) is 0 Å². The van der Waals surface area contributed by atoms with Gasteiger partial charge in [-0.15, -0.1) is 0 Å². The van der Waals surface area contributed by atoms with E-state index < -0.39 is 0 Å². The molecule has 3 heterocycles. The summed E-state index contributed by atoms with van der Waals surface area (Å²) in [6, 6.07) is 7.90. The lowest BCUT2D eigenvalue weighted by Gasteiger charge is -2.34. The molecule has 1 aromatic heterocycles. The fourth-order valence-corrected chi connectivity index (χ4v) is 3.46. The quantitative estimate of drug-likeness (QED) is 0.897. The Morgan fingerprint density at radius 1 is 1.31 bits per heavy atom. The molecule has 1 atom stereocenters. The molecule has 1 N–H and O–H groups in total. The Balaban J connectivity index is 1.54. The molecule has 2 amide bonds. The number of amides is 2. The van der Waals surface area contributed by atoms with Gasteiger partial charge in [0.2, 0.25) is 5.91 Å². The summed E-state index contributed by atoms with van der Waals surface area (Å²) in [6.07, 6.45) is 2.74. The maximum atomic E-state index is 12.8. The van der Waals surface area contributed by atoms with Crippen LogP contribution in [0.1, 0.15) is 34.9 Å². The molecule has 2 aromatic rings. The number of carbonyl (C=O) groups excluding carboxylic acids is 2. The number of fused-ring (bicyclic) bond motifs is 1. The van der Waals surface area contributed by atoms with Crippen LogP contribution in [-0.4, -0.2) is 56.4 Å². The number of nitrogens with zero attached hydrogens (tertiary/aromatic N) is 4. The molecule has 2 aliphatic heterocycles. The van der Waals surface area contributed by atoms with Crippen molar-refractivity contribution in [2.24, 2.45) is 0 Å². The van der Waals surface area contributed by atoms with E-state index >= 15 is 0 Å². The maximum absolute atomic E-state index is 12.8. The summed E-state index contributed by atoms with van der Waals surface area (Å²) in [5, 5.41) is 15.4. The third-order valence-electron chi connectivity index (χ3n) is 4.70. The molecule has 8 heteroatoms. The average Bonchev–Trinajstić information content (AvgIpc) is 3.32. The number of hydrogen-bond acceptors (Lipinski definition) is 5. The lowest BCUT2D eigenvalue weighted by Crippen LogP contribution is -2.43. The maximum Gasteiger partial charge on any atom is 0.254 e. The minimum Gasteiger partial charge on any atom is -0.508 e. The number of hydrogen-bond donors (Lipinski definition) is 1. The smallest absolute Gasteiger partial charge is 0.254 e. The van der Waals surface area contributed by atoms with Crippen LogP contribution in [-0.2, 0) is 16.2 Å². The van der Waals surface area contributed by atoms with Crippen molar-refractivity contribution in [3.05, 3.63) is 47.8 Å². The molecule has 4 rings (SSSR count). The van der Waals surface area contributed by atoms with E-state index in [1.807, 2.05) is 10.7 Å². The minimum atomic E-state index is -0.244. The van der Waals surface area contributed by atoms with Crippen LogP contribution in [0, 0.1) is 0 Å². The fourth-order valence-electron chi connectivity index (χ4n) is 3.46. The second-order valence-corrected chi connectivity index (χ2v) is 6.54. The summed E-state index contributed by atoms with van der Waals surface area (Å²) in [5.74, 6) is -0.223. The first-order chi connectivity index (χ1) is 12.6. The van der Waals surface area contributed by atoms with E-state index in [-0.39, 0.29) is 30.0 Å². The van der Waals surface area contributed by atoms with Gasteiger partial charge < -0.3 is 10.0 Å². The van der Waals surface area contributed by atoms with E-state index in [9.17, 15) is 14.7 Å². The molecule has 0 aliphatic carbocycles.